The average Bonchev–Trinajstić information content (AvgIpc) is 2.71. The van der Waals surface area contributed by atoms with Gasteiger partial charge in [-0.25, -0.2) is 4.98 Å². The highest BCUT2D eigenvalue weighted by molar-refractivity contribution is 6.30. The van der Waals surface area contributed by atoms with Gasteiger partial charge in [-0.3, -0.25) is 9.20 Å². The third-order valence-electron chi connectivity index (χ3n) is 3.42. The van der Waals surface area contributed by atoms with Gasteiger partial charge in [-0.15, -0.1) is 0 Å². The van der Waals surface area contributed by atoms with E-state index in [1.807, 2.05) is 17.9 Å². The van der Waals surface area contributed by atoms with Crippen LogP contribution >= 0.6 is 11.6 Å². The molecule has 0 bridgehead atoms. The minimum atomic E-state index is 0.0228. The summed E-state index contributed by atoms with van der Waals surface area (Å²) in [6, 6.07) is 3.62. The topological polar surface area (TPSA) is 37.6 Å². The summed E-state index contributed by atoms with van der Waals surface area (Å²) in [5, 5.41) is 0.596. The number of hydrogen-bond donors (Lipinski definition) is 0. The summed E-state index contributed by atoms with van der Waals surface area (Å²) < 4.78 is 1.80. The molecule has 0 aliphatic rings. The Hall–Kier alpha value is -1.55. The van der Waals surface area contributed by atoms with Crippen LogP contribution in [0.4, 0.5) is 0 Å². The van der Waals surface area contributed by atoms with Gasteiger partial charge in [-0.05, 0) is 30.9 Å². The summed E-state index contributed by atoms with van der Waals surface area (Å²) in [6.07, 6.45) is 1.76. The SMILES string of the molecule is Cc1nc2ccc(Cl)cn2c1C(=O)N(CC(C)C)CC(C)C. The summed E-state index contributed by atoms with van der Waals surface area (Å²) in [5.41, 5.74) is 2.10. The second kappa shape index (κ2) is 6.69. The van der Waals surface area contributed by atoms with E-state index in [9.17, 15) is 4.79 Å². The quantitative estimate of drug-likeness (QED) is 0.833. The molecule has 0 fully saturated rings. The Balaban J connectivity index is 2.45. The van der Waals surface area contributed by atoms with E-state index in [-0.39, 0.29) is 5.91 Å². The van der Waals surface area contributed by atoms with Crippen LogP contribution in [0, 0.1) is 18.8 Å². The second-order valence-electron chi connectivity index (χ2n) is 6.62. The van der Waals surface area contributed by atoms with Crippen molar-refractivity contribution < 1.29 is 4.79 Å². The molecule has 0 saturated heterocycles. The van der Waals surface area contributed by atoms with Crippen LogP contribution in [0.15, 0.2) is 18.3 Å². The van der Waals surface area contributed by atoms with Crippen LogP contribution in [0.2, 0.25) is 5.02 Å². The fourth-order valence-electron chi connectivity index (χ4n) is 2.67. The minimum absolute atomic E-state index is 0.0228. The van der Waals surface area contributed by atoms with E-state index < -0.39 is 0 Å². The number of aryl methyl sites for hydroxylation is 1. The van der Waals surface area contributed by atoms with Gasteiger partial charge in [0.05, 0.1) is 10.7 Å². The molecule has 0 radical (unpaired) electrons. The number of carbonyl (C=O) groups excluding carboxylic acids is 1. The molecule has 0 unspecified atom stereocenters. The molecule has 0 aliphatic carbocycles. The standard InChI is InChI=1S/C17H24ClN3O/c1-11(2)8-20(9-12(3)4)17(22)16-13(5)19-15-7-6-14(18)10-21(15)16/h6-7,10-12H,8-9H2,1-5H3. The van der Waals surface area contributed by atoms with E-state index in [1.54, 1.807) is 16.7 Å². The number of hydrogen-bond acceptors (Lipinski definition) is 2. The Bertz CT molecular complexity index is 666. The molecular weight excluding hydrogens is 298 g/mol. The van der Waals surface area contributed by atoms with Crippen molar-refractivity contribution in [1.82, 2.24) is 14.3 Å². The van der Waals surface area contributed by atoms with E-state index in [1.165, 1.54) is 0 Å². The van der Waals surface area contributed by atoms with E-state index in [2.05, 4.69) is 32.7 Å². The number of pyridine rings is 1. The average molecular weight is 322 g/mol. The van der Waals surface area contributed by atoms with E-state index in [4.69, 9.17) is 11.6 Å². The van der Waals surface area contributed by atoms with Gasteiger partial charge in [0.2, 0.25) is 0 Å². The number of nitrogens with zero attached hydrogens (tertiary/aromatic N) is 3. The molecule has 0 aliphatic heterocycles. The molecule has 0 spiro atoms. The molecule has 4 nitrogen and oxygen atoms in total. The maximum Gasteiger partial charge on any atom is 0.272 e. The first-order chi connectivity index (χ1) is 10.3. The molecule has 120 valence electrons. The Kier molecular flexibility index (Phi) is 5.12. The van der Waals surface area contributed by atoms with Gasteiger partial charge in [-0.2, -0.15) is 0 Å². The number of rotatable bonds is 5. The fraction of sp³-hybridized carbons (Fsp3) is 0.529. The maximum atomic E-state index is 13.0. The molecular formula is C17H24ClN3O. The molecule has 5 heteroatoms. The van der Waals surface area contributed by atoms with E-state index >= 15 is 0 Å². The Morgan fingerprint density at radius 2 is 1.82 bits per heavy atom. The zero-order valence-corrected chi connectivity index (χ0v) is 14.7. The molecule has 2 heterocycles. The zero-order valence-electron chi connectivity index (χ0n) is 13.9. The Morgan fingerprint density at radius 3 is 2.36 bits per heavy atom. The van der Waals surface area contributed by atoms with Crippen LogP contribution in [-0.2, 0) is 0 Å². The van der Waals surface area contributed by atoms with Crippen molar-refractivity contribution in [3.05, 3.63) is 34.7 Å². The lowest BCUT2D eigenvalue weighted by atomic mass is 10.1. The third-order valence-corrected chi connectivity index (χ3v) is 3.64. The molecule has 22 heavy (non-hydrogen) atoms. The largest absolute Gasteiger partial charge is 0.337 e. The van der Waals surface area contributed by atoms with Gasteiger partial charge in [0.1, 0.15) is 11.3 Å². The van der Waals surface area contributed by atoms with Gasteiger partial charge >= 0.3 is 0 Å². The van der Waals surface area contributed by atoms with E-state index in [0.29, 0.717) is 22.6 Å². The monoisotopic (exact) mass is 321 g/mol. The van der Waals surface area contributed by atoms with Crippen molar-refractivity contribution in [2.24, 2.45) is 11.8 Å². The Labute approximate surface area is 137 Å². The maximum absolute atomic E-state index is 13.0. The van der Waals surface area contributed by atoms with Crippen LogP contribution in [0.3, 0.4) is 0 Å². The predicted molar refractivity (Wildman–Crippen MR) is 90.5 cm³/mol. The predicted octanol–water partition coefficient (Wildman–Crippen LogP) is 4.05. The normalized spacial score (nSPS) is 11.6. The van der Waals surface area contributed by atoms with Crippen molar-refractivity contribution in [3.63, 3.8) is 0 Å². The van der Waals surface area contributed by atoms with Gasteiger partial charge < -0.3 is 4.90 Å². The molecule has 1 amide bonds. The van der Waals surface area contributed by atoms with Crippen LogP contribution < -0.4 is 0 Å². The first-order valence-corrected chi connectivity index (χ1v) is 8.11. The summed E-state index contributed by atoms with van der Waals surface area (Å²) in [7, 11) is 0. The molecule has 0 atom stereocenters. The van der Waals surface area contributed by atoms with Crippen molar-refractivity contribution in [2.75, 3.05) is 13.1 Å². The number of fused-ring (bicyclic) bond motifs is 1. The third kappa shape index (κ3) is 3.61. The van der Waals surface area contributed by atoms with Crippen molar-refractivity contribution in [1.29, 1.82) is 0 Å². The highest BCUT2D eigenvalue weighted by Gasteiger charge is 2.23. The van der Waals surface area contributed by atoms with Gasteiger partial charge in [0.25, 0.3) is 5.91 Å². The van der Waals surface area contributed by atoms with Gasteiger partial charge in [0.15, 0.2) is 0 Å². The summed E-state index contributed by atoms with van der Waals surface area (Å²) in [4.78, 5) is 19.4. The van der Waals surface area contributed by atoms with Crippen molar-refractivity contribution in [2.45, 2.75) is 34.6 Å². The van der Waals surface area contributed by atoms with Crippen molar-refractivity contribution in [3.8, 4) is 0 Å². The first-order valence-electron chi connectivity index (χ1n) is 7.73. The minimum Gasteiger partial charge on any atom is -0.337 e. The van der Waals surface area contributed by atoms with Gasteiger partial charge in [-0.1, -0.05) is 39.3 Å². The number of aromatic nitrogens is 2. The summed E-state index contributed by atoms with van der Waals surface area (Å²) in [5.74, 6) is 0.867. The number of imidazole rings is 1. The molecule has 0 aromatic carbocycles. The van der Waals surface area contributed by atoms with Crippen LogP contribution in [0.1, 0.15) is 43.9 Å². The first kappa shape index (κ1) is 16.8. The van der Waals surface area contributed by atoms with Gasteiger partial charge in [0, 0.05) is 19.3 Å². The molecule has 0 N–H and O–H groups in total. The molecule has 0 saturated carbocycles. The number of amides is 1. The Morgan fingerprint density at radius 1 is 1.23 bits per heavy atom. The van der Waals surface area contributed by atoms with Crippen LogP contribution in [0.5, 0.6) is 0 Å². The lowest BCUT2D eigenvalue weighted by Crippen LogP contribution is -2.38. The second-order valence-corrected chi connectivity index (χ2v) is 7.06. The molecule has 2 aromatic rings. The highest BCUT2D eigenvalue weighted by atomic mass is 35.5. The fourth-order valence-corrected chi connectivity index (χ4v) is 2.83. The lowest BCUT2D eigenvalue weighted by Gasteiger charge is -2.26. The highest BCUT2D eigenvalue weighted by Crippen LogP contribution is 2.19. The van der Waals surface area contributed by atoms with Crippen LogP contribution in [-0.4, -0.2) is 33.3 Å². The summed E-state index contributed by atoms with van der Waals surface area (Å²) >= 11 is 6.08. The molecule has 2 aromatic heterocycles. The summed E-state index contributed by atoms with van der Waals surface area (Å²) in [6.45, 7) is 11.8. The smallest absolute Gasteiger partial charge is 0.272 e. The van der Waals surface area contributed by atoms with E-state index in [0.717, 1.165) is 24.4 Å². The van der Waals surface area contributed by atoms with Crippen LogP contribution in [0.25, 0.3) is 5.65 Å². The lowest BCUT2D eigenvalue weighted by molar-refractivity contribution is 0.0707. The molecule has 2 rings (SSSR count). The number of carbonyl (C=O) groups is 1. The zero-order chi connectivity index (χ0) is 16.4. The number of halogens is 1. The van der Waals surface area contributed by atoms with Crippen molar-refractivity contribution >= 4 is 23.2 Å².